The number of likely N-dealkylation sites (tertiary alicyclic amines) is 1. The zero-order valence-electron chi connectivity index (χ0n) is 14.5. The van der Waals surface area contributed by atoms with Crippen molar-refractivity contribution >= 4 is 11.9 Å². The van der Waals surface area contributed by atoms with Gasteiger partial charge < -0.3 is 14.4 Å². The van der Waals surface area contributed by atoms with Crippen molar-refractivity contribution in [2.24, 2.45) is 7.05 Å². The van der Waals surface area contributed by atoms with Crippen LogP contribution >= 0.6 is 0 Å². The first kappa shape index (κ1) is 16.9. The number of anilines is 1. The second kappa shape index (κ2) is 6.54. The average Bonchev–Trinajstić information content (AvgIpc) is 3.06. The SMILES string of the molecule is CN(C)c1nc([C@H]2CCN(C(=O)c3ccc(=O)n(C)c3)C2)cc(=O)[nH]1. The van der Waals surface area contributed by atoms with Crippen LogP contribution in [0.3, 0.4) is 0 Å². The van der Waals surface area contributed by atoms with Crippen LogP contribution < -0.4 is 16.0 Å². The fourth-order valence-corrected chi connectivity index (χ4v) is 2.97. The molecule has 132 valence electrons. The fraction of sp³-hybridized carbons (Fsp3) is 0.412. The highest BCUT2D eigenvalue weighted by molar-refractivity contribution is 5.94. The molecule has 0 bridgehead atoms. The molecule has 25 heavy (non-hydrogen) atoms. The summed E-state index contributed by atoms with van der Waals surface area (Å²) in [5.74, 6) is 0.415. The maximum Gasteiger partial charge on any atom is 0.255 e. The maximum atomic E-state index is 12.6. The van der Waals surface area contributed by atoms with Gasteiger partial charge in [-0.3, -0.25) is 19.4 Å². The number of aromatic nitrogens is 3. The van der Waals surface area contributed by atoms with Gasteiger partial charge in [0.2, 0.25) is 11.5 Å². The minimum atomic E-state index is -0.198. The predicted molar refractivity (Wildman–Crippen MR) is 94.1 cm³/mol. The van der Waals surface area contributed by atoms with Crippen LogP contribution in [0.25, 0.3) is 0 Å². The van der Waals surface area contributed by atoms with Gasteiger partial charge in [0.05, 0.1) is 11.3 Å². The Bertz CT molecular complexity index is 915. The number of hydrogen-bond acceptors (Lipinski definition) is 5. The van der Waals surface area contributed by atoms with Crippen LogP contribution in [0.4, 0.5) is 5.95 Å². The number of carbonyl (C=O) groups is 1. The van der Waals surface area contributed by atoms with Crippen molar-refractivity contribution in [1.29, 1.82) is 0 Å². The lowest BCUT2D eigenvalue weighted by Crippen LogP contribution is -2.30. The van der Waals surface area contributed by atoms with Gasteiger partial charge in [-0.2, -0.15) is 0 Å². The molecule has 0 radical (unpaired) electrons. The third-order valence-electron chi connectivity index (χ3n) is 4.40. The number of nitrogens with zero attached hydrogens (tertiary/aromatic N) is 4. The molecule has 1 amide bonds. The average molecular weight is 343 g/mol. The summed E-state index contributed by atoms with van der Waals surface area (Å²) in [6.45, 7) is 1.10. The minimum absolute atomic E-state index is 0.0254. The van der Waals surface area contributed by atoms with E-state index in [1.165, 1.54) is 16.7 Å². The summed E-state index contributed by atoms with van der Waals surface area (Å²) in [4.78, 5) is 46.6. The van der Waals surface area contributed by atoms with E-state index in [0.29, 0.717) is 30.3 Å². The molecule has 0 aliphatic carbocycles. The number of pyridine rings is 1. The Morgan fingerprint density at radius 1 is 1.32 bits per heavy atom. The highest BCUT2D eigenvalue weighted by Gasteiger charge is 2.29. The van der Waals surface area contributed by atoms with Crippen molar-refractivity contribution in [3.63, 3.8) is 0 Å². The van der Waals surface area contributed by atoms with Gasteiger partial charge in [-0.1, -0.05) is 0 Å². The Morgan fingerprint density at radius 3 is 2.76 bits per heavy atom. The van der Waals surface area contributed by atoms with Crippen molar-refractivity contribution in [2.45, 2.75) is 12.3 Å². The standard InChI is InChI=1S/C17H21N5O3/c1-20(2)17-18-13(8-14(23)19-17)11-6-7-22(10-11)16(25)12-4-5-15(24)21(3)9-12/h4-5,8-9,11H,6-7,10H2,1-3H3,(H,18,19,23)/t11-/m0/s1. The van der Waals surface area contributed by atoms with Crippen LogP contribution in [0, 0.1) is 0 Å². The van der Waals surface area contributed by atoms with E-state index in [2.05, 4.69) is 9.97 Å². The van der Waals surface area contributed by atoms with Crippen molar-refractivity contribution in [2.75, 3.05) is 32.1 Å². The summed E-state index contributed by atoms with van der Waals surface area (Å²) >= 11 is 0. The first-order valence-corrected chi connectivity index (χ1v) is 8.09. The quantitative estimate of drug-likeness (QED) is 0.857. The van der Waals surface area contributed by atoms with E-state index in [-0.39, 0.29) is 22.9 Å². The van der Waals surface area contributed by atoms with Crippen molar-refractivity contribution < 1.29 is 4.79 Å². The minimum Gasteiger partial charge on any atom is -0.348 e. The number of nitrogens with one attached hydrogen (secondary N) is 1. The van der Waals surface area contributed by atoms with Crippen molar-refractivity contribution in [3.05, 3.63) is 56.4 Å². The third-order valence-corrected chi connectivity index (χ3v) is 4.40. The zero-order valence-corrected chi connectivity index (χ0v) is 14.5. The Balaban J connectivity index is 1.79. The van der Waals surface area contributed by atoms with Crippen LogP contribution in [0.15, 0.2) is 34.0 Å². The second-order valence-corrected chi connectivity index (χ2v) is 6.49. The predicted octanol–water partition coefficient (Wildman–Crippen LogP) is 0.164. The monoisotopic (exact) mass is 343 g/mol. The lowest BCUT2D eigenvalue weighted by Gasteiger charge is -2.17. The summed E-state index contributed by atoms with van der Waals surface area (Å²) in [7, 11) is 5.24. The number of carbonyl (C=O) groups excluding carboxylic acids is 1. The molecule has 8 nitrogen and oxygen atoms in total. The molecular formula is C17H21N5O3. The van der Waals surface area contributed by atoms with E-state index in [1.807, 2.05) is 14.1 Å². The van der Waals surface area contributed by atoms with Crippen LogP contribution in [-0.2, 0) is 7.05 Å². The van der Waals surface area contributed by atoms with E-state index in [9.17, 15) is 14.4 Å². The Hall–Kier alpha value is -2.90. The van der Waals surface area contributed by atoms with Crippen LogP contribution in [0.5, 0.6) is 0 Å². The topological polar surface area (TPSA) is 91.3 Å². The highest BCUT2D eigenvalue weighted by Crippen LogP contribution is 2.26. The molecule has 2 aromatic heterocycles. The van der Waals surface area contributed by atoms with E-state index >= 15 is 0 Å². The van der Waals surface area contributed by atoms with Gasteiger partial charge >= 0.3 is 0 Å². The molecule has 8 heteroatoms. The molecule has 1 saturated heterocycles. The van der Waals surface area contributed by atoms with Crippen molar-refractivity contribution in [1.82, 2.24) is 19.4 Å². The van der Waals surface area contributed by atoms with Gasteiger partial charge in [-0.05, 0) is 12.5 Å². The lowest BCUT2D eigenvalue weighted by atomic mass is 10.1. The summed E-state index contributed by atoms with van der Waals surface area (Å²) in [5, 5.41) is 0. The molecule has 0 saturated carbocycles. The summed E-state index contributed by atoms with van der Waals surface area (Å²) in [6.07, 6.45) is 2.30. The van der Waals surface area contributed by atoms with Gasteiger partial charge in [-0.15, -0.1) is 0 Å². The number of hydrogen-bond donors (Lipinski definition) is 1. The number of aryl methyl sites for hydroxylation is 1. The highest BCUT2D eigenvalue weighted by atomic mass is 16.2. The molecule has 0 spiro atoms. The van der Waals surface area contributed by atoms with E-state index in [4.69, 9.17) is 0 Å². The number of H-pyrrole nitrogens is 1. The molecule has 3 rings (SSSR count). The molecule has 3 heterocycles. The first-order chi connectivity index (χ1) is 11.8. The molecule has 1 fully saturated rings. The summed E-state index contributed by atoms with van der Waals surface area (Å²) in [6, 6.07) is 4.44. The van der Waals surface area contributed by atoms with Gasteiger partial charge in [0.1, 0.15) is 0 Å². The third kappa shape index (κ3) is 3.47. The lowest BCUT2D eigenvalue weighted by molar-refractivity contribution is 0.0789. The zero-order chi connectivity index (χ0) is 18.1. The molecule has 1 atom stereocenters. The van der Waals surface area contributed by atoms with Crippen molar-refractivity contribution in [3.8, 4) is 0 Å². The number of aromatic amines is 1. The number of amides is 1. The Morgan fingerprint density at radius 2 is 2.08 bits per heavy atom. The second-order valence-electron chi connectivity index (χ2n) is 6.49. The molecule has 1 aliphatic heterocycles. The first-order valence-electron chi connectivity index (χ1n) is 8.09. The van der Waals surface area contributed by atoms with Gasteiger partial charge in [-0.25, -0.2) is 4.98 Å². The van der Waals surface area contributed by atoms with E-state index < -0.39 is 0 Å². The Labute approximate surface area is 144 Å². The van der Waals surface area contributed by atoms with Gasteiger partial charge in [0.15, 0.2) is 0 Å². The summed E-state index contributed by atoms with van der Waals surface area (Å²) in [5.41, 5.74) is 0.829. The molecule has 2 aromatic rings. The number of rotatable bonds is 3. The normalized spacial score (nSPS) is 16.9. The molecular weight excluding hydrogens is 322 g/mol. The van der Waals surface area contributed by atoms with E-state index in [0.717, 1.165) is 6.42 Å². The molecule has 1 N–H and O–H groups in total. The van der Waals surface area contributed by atoms with Crippen LogP contribution in [0.2, 0.25) is 0 Å². The smallest absolute Gasteiger partial charge is 0.255 e. The summed E-state index contributed by atoms with van der Waals surface area (Å²) < 4.78 is 1.39. The maximum absolute atomic E-state index is 12.6. The Kier molecular flexibility index (Phi) is 4.43. The van der Waals surface area contributed by atoms with Gasteiger partial charge in [0.25, 0.3) is 11.5 Å². The van der Waals surface area contributed by atoms with Crippen LogP contribution in [0.1, 0.15) is 28.4 Å². The largest absolute Gasteiger partial charge is 0.348 e. The van der Waals surface area contributed by atoms with Gasteiger partial charge in [0, 0.05) is 58.5 Å². The van der Waals surface area contributed by atoms with Crippen LogP contribution in [-0.4, -0.2) is 52.5 Å². The molecule has 1 aliphatic rings. The molecule has 0 aromatic carbocycles. The fourth-order valence-electron chi connectivity index (χ4n) is 2.97. The molecule has 0 unspecified atom stereocenters. The van der Waals surface area contributed by atoms with E-state index in [1.54, 1.807) is 29.1 Å².